The molecule has 0 aromatic heterocycles. The van der Waals surface area contributed by atoms with Crippen LogP contribution in [0, 0.1) is 5.82 Å². The van der Waals surface area contributed by atoms with E-state index in [2.05, 4.69) is 6.58 Å². The fraction of sp³-hybridized carbons (Fsp3) is 0.125. The van der Waals surface area contributed by atoms with Gasteiger partial charge in [-0.15, -0.1) is 0 Å². The lowest BCUT2D eigenvalue weighted by Gasteiger charge is -2.13. The smallest absolute Gasteiger partial charge is 0.193 e. The van der Waals surface area contributed by atoms with Crippen LogP contribution in [0.3, 0.4) is 0 Å². The molecule has 0 spiro atoms. The van der Waals surface area contributed by atoms with Gasteiger partial charge in [-0.05, 0) is 36.8 Å². The van der Waals surface area contributed by atoms with Gasteiger partial charge in [-0.2, -0.15) is 0 Å². The van der Waals surface area contributed by atoms with Crippen LogP contribution in [0.1, 0.15) is 42.3 Å². The number of carbonyl (C=O) groups excluding carboxylic acids is 1. The molecule has 3 aromatic carbocycles. The molecule has 0 radical (unpaired) electrons. The number of allylic oxidation sites excluding steroid dienone is 1. The Bertz CT molecular complexity index is 961. The van der Waals surface area contributed by atoms with E-state index in [9.17, 15) is 9.18 Å². The van der Waals surface area contributed by atoms with Crippen LogP contribution in [0.4, 0.5) is 4.39 Å². The molecule has 0 aliphatic carbocycles. The SMILES string of the molecule is C=C(C)c1cccc(F)c1-c1cc(C(=O)c2ccccc2)ccc1Cl.CC. The molecule has 138 valence electrons. The average molecular weight is 381 g/mol. The van der Waals surface area contributed by atoms with E-state index in [1.807, 2.05) is 26.8 Å². The van der Waals surface area contributed by atoms with E-state index in [1.54, 1.807) is 54.6 Å². The van der Waals surface area contributed by atoms with Gasteiger partial charge in [0, 0.05) is 27.3 Å². The number of hydrogen-bond acceptors (Lipinski definition) is 1. The summed E-state index contributed by atoms with van der Waals surface area (Å²) in [7, 11) is 0. The second kappa shape index (κ2) is 9.29. The fourth-order valence-electron chi connectivity index (χ4n) is 2.77. The summed E-state index contributed by atoms with van der Waals surface area (Å²) in [6.07, 6.45) is 0. The molecule has 0 saturated carbocycles. The van der Waals surface area contributed by atoms with Crippen molar-refractivity contribution in [3.8, 4) is 11.1 Å². The second-order valence-electron chi connectivity index (χ2n) is 5.83. The molecule has 0 aliphatic rings. The highest BCUT2D eigenvalue weighted by Crippen LogP contribution is 2.36. The maximum absolute atomic E-state index is 14.5. The summed E-state index contributed by atoms with van der Waals surface area (Å²) in [5.74, 6) is -0.529. The number of carbonyl (C=O) groups is 1. The molecule has 0 aliphatic heterocycles. The molecule has 3 heteroatoms. The first-order chi connectivity index (χ1) is 13.0. The van der Waals surface area contributed by atoms with Gasteiger partial charge in [0.1, 0.15) is 5.82 Å². The highest BCUT2D eigenvalue weighted by Gasteiger charge is 2.17. The summed E-state index contributed by atoms with van der Waals surface area (Å²) in [6.45, 7) is 9.72. The normalized spacial score (nSPS) is 9.96. The van der Waals surface area contributed by atoms with Gasteiger partial charge in [0.25, 0.3) is 0 Å². The third kappa shape index (κ3) is 4.53. The maximum atomic E-state index is 14.5. The highest BCUT2D eigenvalue weighted by molar-refractivity contribution is 6.33. The van der Waals surface area contributed by atoms with E-state index in [0.29, 0.717) is 32.8 Å². The summed E-state index contributed by atoms with van der Waals surface area (Å²) in [5, 5.41) is 0.386. The predicted octanol–water partition coefficient (Wildman–Crippen LogP) is 7.44. The van der Waals surface area contributed by atoms with Crippen molar-refractivity contribution in [1.82, 2.24) is 0 Å². The molecular formula is C24H22ClFO. The minimum Gasteiger partial charge on any atom is -0.289 e. The van der Waals surface area contributed by atoms with Gasteiger partial charge in [0.2, 0.25) is 0 Å². The van der Waals surface area contributed by atoms with E-state index in [4.69, 9.17) is 11.6 Å². The van der Waals surface area contributed by atoms with Gasteiger partial charge in [0.15, 0.2) is 5.78 Å². The molecule has 3 aromatic rings. The molecule has 0 bridgehead atoms. The minimum absolute atomic E-state index is 0.133. The van der Waals surface area contributed by atoms with Crippen LogP contribution in [-0.4, -0.2) is 5.78 Å². The quantitative estimate of drug-likeness (QED) is 0.430. The number of ketones is 1. The molecule has 0 heterocycles. The number of hydrogen-bond donors (Lipinski definition) is 0. The Morgan fingerprint density at radius 2 is 1.59 bits per heavy atom. The number of halogens is 2. The van der Waals surface area contributed by atoms with Crippen LogP contribution in [0.25, 0.3) is 16.7 Å². The van der Waals surface area contributed by atoms with Crippen molar-refractivity contribution in [2.45, 2.75) is 20.8 Å². The zero-order chi connectivity index (χ0) is 20.0. The van der Waals surface area contributed by atoms with Crippen molar-refractivity contribution in [3.05, 3.63) is 101 Å². The molecule has 0 saturated heterocycles. The van der Waals surface area contributed by atoms with E-state index in [1.165, 1.54) is 6.07 Å². The molecule has 1 nitrogen and oxygen atoms in total. The lowest BCUT2D eigenvalue weighted by atomic mass is 9.92. The molecule has 3 rings (SSSR count). The Morgan fingerprint density at radius 3 is 2.22 bits per heavy atom. The first kappa shape index (κ1) is 20.6. The van der Waals surface area contributed by atoms with E-state index in [-0.39, 0.29) is 5.78 Å². The summed E-state index contributed by atoms with van der Waals surface area (Å²) >= 11 is 6.32. The summed E-state index contributed by atoms with van der Waals surface area (Å²) in [4.78, 5) is 12.7. The first-order valence-corrected chi connectivity index (χ1v) is 9.21. The third-order valence-electron chi connectivity index (χ3n) is 4.01. The Hall–Kier alpha value is -2.71. The topological polar surface area (TPSA) is 17.1 Å². The maximum Gasteiger partial charge on any atom is 0.193 e. The van der Waals surface area contributed by atoms with E-state index < -0.39 is 5.82 Å². The Kier molecular flexibility index (Phi) is 7.09. The van der Waals surface area contributed by atoms with Gasteiger partial charge in [-0.1, -0.05) is 80.1 Å². The Balaban J connectivity index is 0.00000126. The van der Waals surface area contributed by atoms with Crippen molar-refractivity contribution < 1.29 is 9.18 Å². The molecule has 27 heavy (non-hydrogen) atoms. The summed E-state index contributed by atoms with van der Waals surface area (Å²) in [5.41, 5.74) is 3.28. The molecule has 0 atom stereocenters. The van der Waals surface area contributed by atoms with Gasteiger partial charge < -0.3 is 0 Å². The van der Waals surface area contributed by atoms with Crippen LogP contribution in [-0.2, 0) is 0 Å². The standard InChI is InChI=1S/C22H16ClFO.C2H6/c1-14(2)17-9-6-10-20(24)21(17)18-13-16(11-12-19(18)23)22(25)15-7-4-3-5-8-15;1-2/h3-13H,1H2,2H3;1-2H3. The van der Waals surface area contributed by atoms with Crippen molar-refractivity contribution >= 4 is 23.0 Å². The van der Waals surface area contributed by atoms with E-state index in [0.717, 1.165) is 5.57 Å². The zero-order valence-electron chi connectivity index (χ0n) is 15.7. The van der Waals surface area contributed by atoms with Crippen LogP contribution in [0.5, 0.6) is 0 Å². The van der Waals surface area contributed by atoms with Crippen LogP contribution in [0.2, 0.25) is 5.02 Å². The summed E-state index contributed by atoms with van der Waals surface area (Å²) < 4.78 is 14.5. The lowest BCUT2D eigenvalue weighted by Crippen LogP contribution is -2.02. The monoisotopic (exact) mass is 380 g/mol. The summed E-state index contributed by atoms with van der Waals surface area (Å²) in [6, 6.07) is 18.7. The zero-order valence-corrected chi connectivity index (χ0v) is 16.5. The van der Waals surface area contributed by atoms with Crippen molar-refractivity contribution in [3.63, 3.8) is 0 Å². The largest absolute Gasteiger partial charge is 0.289 e. The predicted molar refractivity (Wildman–Crippen MR) is 113 cm³/mol. The van der Waals surface area contributed by atoms with Gasteiger partial charge in [0.05, 0.1) is 0 Å². The molecule has 0 fully saturated rings. The van der Waals surface area contributed by atoms with Crippen LogP contribution >= 0.6 is 11.6 Å². The van der Waals surface area contributed by atoms with Gasteiger partial charge >= 0.3 is 0 Å². The fourth-order valence-corrected chi connectivity index (χ4v) is 2.98. The number of rotatable bonds is 4. The molecule has 0 unspecified atom stereocenters. The number of benzene rings is 3. The second-order valence-corrected chi connectivity index (χ2v) is 6.24. The lowest BCUT2D eigenvalue weighted by molar-refractivity contribution is 0.103. The third-order valence-corrected chi connectivity index (χ3v) is 4.34. The first-order valence-electron chi connectivity index (χ1n) is 8.83. The van der Waals surface area contributed by atoms with Crippen molar-refractivity contribution in [2.24, 2.45) is 0 Å². The Morgan fingerprint density at radius 1 is 0.926 bits per heavy atom. The van der Waals surface area contributed by atoms with Crippen molar-refractivity contribution in [2.75, 3.05) is 0 Å². The van der Waals surface area contributed by atoms with E-state index >= 15 is 0 Å². The van der Waals surface area contributed by atoms with Gasteiger partial charge in [-0.25, -0.2) is 4.39 Å². The van der Waals surface area contributed by atoms with Crippen LogP contribution in [0.15, 0.2) is 73.3 Å². The molecular weight excluding hydrogens is 359 g/mol. The molecule has 0 amide bonds. The van der Waals surface area contributed by atoms with Gasteiger partial charge in [-0.3, -0.25) is 4.79 Å². The minimum atomic E-state index is -0.397. The average Bonchev–Trinajstić information content (AvgIpc) is 2.70. The van der Waals surface area contributed by atoms with Crippen LogP contribution < -0.4 is 0 Å². The highest BCUT2D eigenvalue weighted by atomic mass is 35.5. The Labute approximate surface area is 165 Å². The molecule has 0 N–H and O–H groups in total. The van der Waals surface area contributed by atoms with Crippen molar-refractivity contribution in [1.29, 1.82) is 0 Å².